The number of hydrogen-bond acceptors (Lipinski definition) is 3. The van der Waals surface area contributed by atoms with Gasteiger partial charge in [-0.15, -0.1) is 0 Å². The number of carbonyl (C=O) groups is 1. The smallest absolute Gasteiger partial charge is 0.287 e. The average molecular weight is 410 g/mol. The molecule has 0 spiro atoms. The minimum absolute atomic E-state index is 0.0774. The quantitative estimate of drug-likeness (QED) is 0.544. The van der Waals surface area contributed by atoms with E-state index in [1.807, 2.05) is 26.2 Å². The molecular weight excluding hydrogens is 381 g/mol. The van der Waals surface area contributed by atoms with E-state index in [-0.39, 0.29) is 23.5 Å². The summed E-state index contributed by atoms with van der Waals surface area (Å²) < 4.78 is 21.6. The van der Waals surface area contributed by atoms with Gasteiger partial charge in [-0.25, -0.2) is 9.37 Å². The largest absolute Gasteiger partial charge is 0.449 e. The highest BCUT2D eigenvalue weighted by Crippen LogP contribution is 2.38. The molecule has 6 heteroatoms. The van der Waals surface area contributed by atoms with Crippen LogP contribution in [0.1, 0.15) is 69.0 Å². The van der Waals surface area contributed by atoms with Crippen molar-refractivity contribution in [2.45, 2.75) is 64.5 Å². The Kier molecular flexibility index (Phi) is 6.02. The fourth-order valence-electron chi connectivity index (χ4n) is 4.04. The van der Waals surface area contributed by atoms with E-state index in [2.05, 4.69) is 14.9 Å². The molecule has 1 amide bonds. The van der Waals surface area contributed by atoms with Crippen LogP contribution in [0.15, 0.2) is 47.1 Å². The summed E-state index contributed by atoms with van der Waals surface area (Å²) in [5.74, 6) is 0.384. The van der Waals surface area contributed by atoms with Crippen molar-refractivity contribution in [3.05, 3.63) is 54.3 Å². The van der Waals surface area contributed by atoms with Crippen molar-refractivity contribution in [2.24, 2.45) is 0 Å². The zero-order chi connectivity index (χ0) is 21.1. The lowest BCUT2D eigenvalue weighted by Gasteiger charge is -2.24. The Labute approximate surface area is 176 Å². The summed E-state index contributed by atoms with van der Waals surface area (Å²) in [4.78, 5) is 17.2. The van der Waals surface area contributed by atoms with E-state index in [1.54, 1.807) is 18.2 Å². The number of benzene rings is 1. The van der Waals surface area contributed by atoms with Gasteiger partial charge in [-0.3, -0.25) is 4.79 Å². The van der Waals surface area contributed by atoms with E-state index in [0.29, 0.717) is 11.8 Å². The number of nitrogens with zero attached hydrogens (tertiary/aromatic N) is 2. The number of hydrogen-bond donors (Lipinski definition) is 1. The zero-order valence-corrected chi connectivity index (χ0v) is 17.5. The third-order valence-corrected chi connectivity index (χ3v) is 5.93. The monoisotopic (exact) mass is 409 g/mol. The van der Waals surface area contributed by atoms with Crippen molar-refractivity contribution >= 4 is 5.91 Å². The van der Waals surface area contributed by atoms with Crippen LogP contribution in [-0.4, -0.2) is 21.5 Å². The van der Waals surface area contributed by atoms with Gasteiger partial charge in [-0.2, -0.15) is 0 Å². The Balaban J connectivity index is 1.74. The first-order valence-corrected chi connectivity index (χ1v) is 10.8. The number of halogens is 1. The van der Waals surface area contributed by atoms with Gasteiger partial charge >= 0.3 is 0 Å². The molecule has 30 heavy (non-hydrogen) atoms. The predicted octanol–water partition coefficient (Wildman–Crippen LogP) is 5.98. The normalized spacial score (nSPS) is 15.8. The summed E-state index contributed by atoms with van der Waals surface area (Å²) in [7, 11) is 0. The second-order valence-corrected chi connectivity index (χ2v) is 8.09. The average Bonchev–Trinajstić information content (AvgIpc) is 3.42. The molecule has 1 aromatic carbocycles. The summed E-state index contributed by atoms with van der Waals surface area (Å²) in [6, 6.07) is 10.3. The lowest BCUT2D eigenvalue weighted by molar-refractivity contribution is 0.0912. The number of carbonyl (C=O) groups excluding carboxylic acids is 1. The van der Waals surface area contributed by atoms with Gasteiger partial charge in [0, 0.05) is 17.6 Å². The number of imidazole rings is 1. The third-order valence-electron chi connectivity index (χ3n) is 5.93. The van der Waals surface area contributed by atoms with E-state index in [1.165, 1.54) is 31.4 Å². The molecule has 0 radical (unpaired) electrons. The lowest BCUT2D eigenvalue weighted by Crippen LogP contribution is -2.31. The highest BCUT2D eigenvalue weighted by molar-refractivity contribution is 5.92. The van der Waals surface area contributed by atoms with Crippen LogP contribution in [-0.2, 0) is 0 Å². The molecule has 1 N–H and O–H groups in total. The number of rotatable bonds is 6. The highest BCUT2D eigenvalue weighted by atomic mass is 19.1. The Morgan fingerprint density at radius 1 is 1.20 bits per heavy atom. The Hall–Kier alpha value is -2.89. The minimum atomic E-state index is -0.283. The third kappa shape index (κ3) is 4.18. The molecule has 1 atom stereocenters. The molecule has 5 nitrogen and oxygen atoms in total. The van der Waals surface area contributed by atoms with Crippen molar-refractivity contribution in [1.82, 2.24) is 14.9 Å². The topological polar surface area (TPSA) is 60.1 Å². The molecule has 0 unspecified atom stereocenters. The van der Waals surface area contributed by atoms with Crippen LogP contribution in [0.2, 0.25) is 0 Å². The molecule has 1 aliphatic carbocycles. The highest BCUT2D eigenvalue weighted by Gasteiger charge is 2.25. The van der Waals surface area contributed by atoms with Crippen LogP contribution >= 0.6 is 0 Å². The van der Waals surface area contributed by atoms with Gasteiger partial charge in [0.15, 0.2) is 11.5 Å². The maximum absolute atomic E-state index is 13.5. The summed E-state index contributed by atoms with van der Waals surface area (Å²) in [6.45, 7) is 3.99. The second-order valence-electron chi connectivity index (χ2n) is 8.09. The van der Waals surface area contributed by atoms with Crippen LogP contribution in [0.25, 0.3) is 22.7 Å². The molecule has 1 aliphatic rings. The first-order valence-electron chi connectivity index (χ1n) is 10.8. The summed E-state index contributed by atoms with van der Waals surface area (Å²) >= 11 is 0. The lowest BCUT2D eigenvalue weighted by atomic mass is 9.95. The first-order chi connectivity index (χ1) is 14.6. The summed E-state index contributed by atoms with van der Waals surface area (Å²) in [6.07, 6.45) is 8.52. The van der Waals surface area contributed by atoms with Crippen molar-refractivity contribution in [2.75, 3.05) is 0 Å². The summed E-state index contributed by atoms with van der Waals surface area (Å²) in [5, 5.41) is 2.94. The Morgan fingerprint density at radius 3 is 2.63 bits per heavy atom. The number of aromatic nitrogens is 2. The van der Waals surface area contributed by atoms with Gasteiger partial charge in [0.1, 0.15) is 11.5 Å². The van der Waals surface area contributed by atoms with Gasteiger partial charge in [0.25, 0.3) is 5.91 Å². The Bertz CT molecular complexity index is 1000. The number of amides is 1. The van der Waals surface area contributed by atoms with E-state index in [0.717, 1.165) is 36.2 Å². The van der Waals surface area contributed by atoms with Gasteiger partial charge in [0.05, 0.1) is 12.0 Å². The predicted molar refractivity (Wildman–Crippen MR) is 115 cm³/mol. The molecule has 1 saturated carbocycles. The van der Waals surface area contributed by atoms with Gasteiger partial charge in [-0.05, 0) is 62.6 Å². The standard InChI is InChI=1S/C24H28FN3O2/c1-3-16(2)27-24(29)21-14-13-20(30-21)23-22(17-9-11-18(25)12-10-17)26-15-28(23)19-7-5-4-6-8-19/h9-16,19H,3-8H2,1-2H3,(H,27,29)/t16-/m1/s1. The van der Waals surface area contributed by atoms with Crippen LogP contribution in [0, 0.1) is 5.82 Å². The second kappa shape index (κ2) is 8.86. The molecule has 0 aliphatic heterocycles. The molecule has 1 fully saturated rings. The number of furan rings is 1. The summed E-state index contributed by atoms with van der Waals surface area (Å²) in [5.41, 5.74) is 2.41. The van der Waals surface area contributed by atoms with Crippen LogP contribution in [0.3, 0.4) is 0 Å². The zero-order valence-electron chi connectivity index (χ0n) is 17.5. The Morgan fingerprint density at radius 2 is 1.93 bits per heavy atom. The maximum atomic E-state index is 13.5. The molecule has 2 heterocycles. The van der Waals surface area contributed by atoms with Crippen LogP contribution < -0.4 is 5.32 Å². The van der Waals surface area contributed by atoms with E-state index >= 15 is 0 Å². The molecule has 2 aromatic heterocycles. The molecule has 0 saturated heterocycles. The SMILES string of the molecule is CC[C@@H](C)NC(=O)c1ccc(-c2c(-c3ccc(F)cc3)ncn2C2CCCCC2)o1. The molecular formula is C24H28FN3O2. The maximum Gasteiger partial charge on any atom is 0.287 e. The fourth-order valence-corrected chi connectivity index (χ4v) is 4.04. The van der Waals surface area contributed by atoms with Gasteiger partial charge < -0.3 is 14.3 Å². The first kappa shape index (κ1) is 20.4. The molecule has 158 valence electrons. The fraction of sp³-hybridized carbons (Fsp3) is 0.417. The van der Waals surface area contributed by atoms with E-state index in [9.17, 15) is 9.18 Å². The van der Waals surface area contributed by atoms with Gasteiger partial charge in [0.2, 0.25) is 0 Å². The molecule has 4 rings (SSSR count). The van der Waals surface area contributed by atoms with E-state index < -0.39 is 0 Å². The van der Waals surface area contributed by atoms with Crippen molar-refractivity contribution in [3.63, 3.8) is 0 Å². The van der Waals surface area contributed by atoms with Crippen LogP contribution in [0.4, 0.5) is 4.39 Å². The van der Waals surface area contributed by atoms with Crippen molar-refractivity contribution in [1.29, 1.82) is 0 Å². The van der Waals surface area contributed by atoms with E-state index in [4.69, 9.17) is 4.42 Å². The minimum Gasteiger partial charge on any atom is -0.449 e. The van der Waals surface area contributed by atoms with Crippen LogP contribution in [0.5, 0.6) is 0 Å². The number of nitrogens with one attached hydrogen (secondary N) is 1. The molecule has 3 aromatic rings. The van der Waals surface area contributed by atoms with Crippen molar-refractivity contribution in [3.8, 4) is 22.7 Å². The molecule has 0 bridgehead atoms. The van der Waals surface area contributed by atoms with Crippen molar-refractivity contribution < 1.29 is 13.6 Å². The van der Waals surface area contributed by atoms with Gasteiger partial charge in [-0.1, -0.05) is 26.2 Å².